The highest BCUT2D eigenvalue weighted by molar-refractivity contribution is 5.86. The van der Waals surface area contributed by atoms with Crippen LogP contribution in [0.2, 0.25) is 0 Å². The Morgan fingerprint density at radius 1 is 1.05 bits per heavy atom. The van der Waals surface area contributed by atoms with Crippen LogP contribution in [0.1, 0.15) is 23.0 Å². The molecular formula is C28H22F2N6O2. The molecule has 0 fully saturated rings. The SMILES string of the molecule is Cc1cccc2cc(Cn3nc(-c4ccc(F)c(O)c4)c4c3NC=NC4N)n(-c3ccccc3F)c(=O)c12. The van der Waals surface area contributed by atoms with Gasteiger partial charge < -0.3 is 16.2 Å². The molecule has 2 aromatic heterocycles. The maximum atomic E-state index is 15.0. The lowest BCUT2D eigenvalue weighted by Crippen LogP contribution is -2.26. The standard InChI is InChI=1S/C28H22F2N6O2/c1-15-5-4-6-16-11-18(36(28(38)23(15)16)21-8-3-2-7-19(21)29)13-35-27-24(26(31)32-14-33-27)25(34-35)17-9-10-20(30)22(37)12-17/h2-12,14,26,37H,13,31H2,1H3,(H,32,33). The number of fused-ring (bicyclic) bond motifs is 2. The van der Waals surface area contributed by atoms with Crippen molar-refractivity contribution in [3.8, 4) is 22.7 Å². The number of phenolic OH excluding ortho intramolecular Hbond substituents is 1. The summed E-state index contributed by atoms with van der Waals surface area (Å²) in [5.41, 5.74) is 8.68. The Hall–Kier alpha value is -4.83. The van der Waals surface area contributed by atoms with Crippen molar-refractivity contribution in [3.05, 3.63) is 106 Å². The summed E-state index contributed by atoms with van der Waals surface area (Å²) >= 11 is 0. The van der Waals surface area contributed by atoms with E-state index in [9.17, 15) is 14.3 Å². The molecule has 1 aliphatic rings. The van der Waals surface area contributed by atoms with Gasteiger partial charge in [0.1, 0.15) is 23.5 Å². The first-order chi connectivity index (χ1) is 18.3. The number of pyridine rings is 1. The molecule has 1 aliphatic heterocycles. The van der Waals surface area contributed by atoms with Gasteiger partial charge in [-0.1, -0.05) is 30.3 Å². The first-order valence-corrected chi connectivity index (χ1v) is 11.9. The summed E-state index contributed by atoms with van der Waals surface area (Å²) in [6.45, 7) is 1.91. The van der Waals surface area contributed by atoms with Gasteiger partial charge in [0.2, 0.25) is 0 Å². The van der Waals surface area contributed by atoms with Crippen LogP contribution in [0.3, 0.4) is 0 Å². The zero-order valence-corrected chi connectivity index (χ0v) is 20.2. The zero-order valence-electron chi connectivity index (χ0n) is 20.2. The largest absolute Gasteiger partial charge is 0.505 e. The highest BCUT2D eigenvalue weighted by Crippen LogP contribution is 2.37. The summed E-state index contributed by atoms with van der Waals surface area (Å²) in [6, 6.07) is 17.4. The Bertz CT molecular complexity index is 1820. The van der Waals surface area contributed by atoms with Crippen LogP contribution in [0.15, 0.2) is 76.5 Å². The molecule has 3 heterocycles. The first-order valence-electron chi connectivity index (χ1n) is 11.9. The van der Waals surface area contributed by atoms with Gasteiger partial charge in [-0.3, -0.25) is 14.4 Å². The second kappa shape index (κ2) is 8.93. The van der Waals surface area contributed by atoms with Crippen molar-refractivity contribution in [2.24, 2.45) is 10.7 Å². The number of anilines is 1. The lowest BCUT2D eigenvalue weighted by atomic mass is 10.0. The lowest BCUT2D eigenvalue weighted by Gasteiger charge is -2.19. The molecule has 5 aromatic rings. The van der Waals surface area contributed by atoms with Crippen molar-refractivity contribution in [3.63, 3.8) is 0 Å². The van der Waals surface area contributed by atoms with E-state index in [1.165, 1.54) is 29.1 Å². The van der Waals surface area contributed by atoms with Crippen molar-refractivity contribution >= 4 is 22.9 Å². The summed E-state index contributed by atoms with van der Waals surface area (Å²) in [5.74, 6) is -1.31. The van der Waals surface area contributed by atoms with Crippen LogP contribution in [-0.2, 0) is 6.54 Å². The molecule has 3 aromatic carbocycles. The van der Waals surface area contributed by atoms with E-state index in [0.717, 1.165) is 11.6 Å². The van der Waals surface area contributed by atoms with Crippen LogP contribution < -0.4 is 16.6 Å². The fourth-order valence-electron chi connectivity index (χ4n) is 4.91. The van der Waals surface area contributed by atoms with Gasteiger partial charge in [-0.2, -0.15) is 5.10 Å². The number of nitrogens with one attached hydrogen (secondary N) is 1. The summed E-state index contributed by atoms with van der Waals surface area (Å²) in [4.78, 5) is 18.0. The summed E-state index contributed by atoms with van der Waals surface area (Å²) in [5, 5.41) is 18.9. The number of halogens is 2. The molecule has 38 heavy (non-hydrogen) atoms. The molecule has 0 radical (unpaired) electrons. The predicted molar refractivity (Wildman–Crippen MR) is 142 cm³/mol. The molecule has 0 spiro atoms. The minimum Gasteiger partial charge on any atom is -0.505 e. The monoisotopic (exact) mass is 512 g/mol. The van der Waals surface area contributed by atoms with Crippen LogP contribution in [0.5, 0.6) is 5.75 Å². The smallest absolute Gasteiger partial charge is 0.263 e. The quantitative estimate of drug-likeness (QED) is 0.326. The number of aromatic hydroxyl groups is 1. The minimum atomic E-state index is -0.768. The normalized spacial score (nSPS) is 14.5. The minimum absolute atomic E-state index is 0.0660. The summed E-state index contributed by atoms with van der Waals surface area (Å²) in [6.07, 6.45) is 0.681. The molecule has 1 atom stereocenters. The molecule has 190 valence electrons. The van der Waals surface area contributed by atoms with Crippen LogP contribution in [0.4, 0.5) is 14.6 Å². The number of para-hydroxylation sites is 1. The lowest BCUT2D eigenvalue weighted by molar-refractivity contribution is 0.432. The molecule has 0 saturated carbocycles. The van der Waals surface area contributed by atoms with Gasteiger partial charge >= 0.3 is 0 Å². The molecule has 8 nitrogen and oxygen atoms in total. The topological polar surface area (TPSA) is 110 Å². The molecule has 0 saturated heterocycles. The van der Waals surface area contributed by atoms with Crippen molar-refractivity contribution < 1.29 is 13.9 Å². The molecule has 0 bridgehead atoms. The van der Waals surface area contributed by atoms with E-state index in [2.05, 4.69) is 10.3 Å². The molecular weight excluding hydrogens is 490 g/mol. The Morgan fingerprint density at radius 3 is 2.66 bits per heavy atom. The van der Waals surface area contributed by atoms with E-state index in [1.807, 2.05) is 31.2 Å². The van der Waals surface area contributed by atoms with Gasteiger partial charge in [0.25, 0.3) is 5.56 Å². The fraction of sp³-hybridized carbons (Fsp3) is 0.107. The third-order valence-corrected chi connectivity index (χ3v) is 6.68. The fourth-order valence-corrected chi connectivity index (χ4v) is 4.91. The van der Waals surface area contributed by atoms with Crippen LogP contribution in [0, 0.1) is 18.6 Å². The van der Waals surface area contributed by atoms with Gasteiger partial charge in [-0.25, -0.2) is 13.5 Å². The van der Waals surface area contributed by atoms with Crippen molar-refractivity contribution in [1.82, 2.24) is 14.3 Å². The van der Waals surface area contributed by atoms with E-state index in [0.29, 0.717) is 39.1 Å². The van der Waals surface area contributed by atoms with Crippen molar-refractivity contribution in [2.75, 3.05) is 5.32 Å². The Labute approximate surface area is 215 Å². The number of nitrogens with zero attached hydrogens (tertiary/aromatic N) is 4. The van der Waals surface area contributed by atoms with Crippen molar-refractivity contribution in [1.29, 1.82) is 0 Å². The third kappa shape index (κ3) is 3.73. The molecule has 0 aliphatic carbocycles. The first kappa shape index (κ1) is 23.6. The summed E-state index contributed by atoms with van der Waals surface area (Å²) < 4.78 is 31.7. The number of rotatable bonds is 4. The summed E-state index contributed by atoms with van der Waals surface area (Å²) in [7, 11) is 0. The number of aliphatic imine (C=N–C) groups is 1. The maximum absolute atomic E-state index is 15.0. The van der Waals surface area contributed by atoms with Crippen LogP contribution in [-0.4, -0.2) is 25.8 Å². The number of aromatic nitrogens is 3. The Balaban J connectivity index is 1.59. The maximum Gasteiger partial charge on any atom is 0.263 e. The Morgan fingerprint density at radius 2 is 1.87 bits per heavy atom. The van der Waals surface area contributed by atoms with Gasteiger partial charge in [0.15, 0.2) is 11.6 Å². The molecule has 6 rings (SSSR count). The van der Waals surface area contributed by atoms with Gasteiger partial charge in [0.05, 0.1) is 29.5 Å². The van der Waals surface area contributed by atoms with E-state index < -0.39 is 23.5 Å². The van der Waals surface area contributed by atoms with Gasteiger partial charge in [0, 0.05) is 11.3 Å². The molecule has 1 unspecified atom stereocenters. The third-order valence-electron chi connectivity index (χ3n) is 6.68. The predicted octanol–water partition coefficient (Wildman–Crippen LogP) is 4.61. The van der Waals surface area contributed by atoms with Gasteiger partial charge in [-0.15, -0.1) is 0 Å². The molecule has 0 amide bonds. The number of hydrogen-bond donors (Lipinski definition) is 3. The zero-order chi connectivity index (χ0) is 26.6. The van der Waals surface area contributed by atoms with Crippen LogP contribution in [0.25, 0.3) is 27.7 Å². The highest BCUT2D eigenvalue weighted by atomic mass is 19.1. The number of nitrogens with two attached hydrogens (primary N) is 1. The number of hydrogen-bond acceptors (Lipinski definition) is 6. The van der Waals surface area contributed by atoms with Crippen molar-refractivity contribution in [2.45, 2.75) is 19.6 Å². The number of benzene rings is 3. The second-order valence-electron chi connectivity index (χ2n) is 9.07. The van der Waals surface area contributed by atoms with E-state index >= 15 is 4.39 Å². The number of phenols is 1. The van der Waals surface area contributed by atoms with E-state index in [-0.39, 0.29) is 17.8 Å². The average molecular weight is 513 g/mol. The average Bonchev–Trinajstić information content (AvgIpc) is 3.26. The highest BCUT2D eigenvalue weighted by Gasteiger charge is 2.27. The Kier molecular flexibility index (Phi) is 5.54. The van der Waals surface area contributed by atoms with E-state index in [4.69, 9.17) is 10.8 Å². The molecule has 4 N–H and O–H groups in total. The molecule has 10 heteroatoms. The second-order valence-corrected chi connectivity index (χ2v) is 9.07. The number of aryl methyl sites for hydroxylation is 1. The van der Waals surface area contributed by atoms with Gasteiger partial charge in [-0.05, 0) is 54.3 Å². The van der Waals surface area contributed by atoms with E-state index in [1.54, 1.807) is 22.9 Å². The van der Waals surface area contributed by atoms with Crippen LogP contribution >= 0.6 is 0 Å².